The highest BCUT2D eigenvalue weighted by Gasteiger charge is 2.30. The normalized spacial score (nSPS) is 11.6. The molecule has 0 atom stereocenters. The Hall–Kier alpha value is -3.27. The lowest BCUT2D eigenvalue weighted by molar-refractivity contribution is -0.137. The van der Waals surface area contributed by atoms with Gasteiger partial charge in [-0.2, -0.15) is 18.2 Å². The fraction of sp³-hybridized carbons (Fsp3) is 0.150. The van der Waals surface area contributed by atoms with Gasteiger partial charge in [0.05, 0.1) is 18.4 Å². The summed E-state index contributed by atoms with van der Waals surface area (Å²) in [5.74, 6) is 1.70. The molecule has 6 nitrogen and oxygen atoms in total. The molecule has 0 fully saturated rings. The van der Waals surface area contributed by atoms with Crippen molar-refractivity contribution in [3.05, 3.63) is 72.4 Å². The van der Waals surface area contributed by atoms with Gasteiger partial charge in [0.2, 0.25) is 11.7 Å². The van der Waals surface area contributed by atoms with Gasteiger partial charge in [-0.15, -0.1) is 0 Å². The first-order chi connectivity index (χ1) is 14.4. The minimum atomic E-state index is -4.39. The van der Waals surface area contributed by atoms with Crippen molar-refractivity contribution in [3.8, 4) is 22.8 Å². The van der Waals surface area contributed by atoms with Gasteiger partial charge in [-0.1, -0.05) is 29.1 Å². The zero-order valence-corrected chi connectivity index (χ0v) is 16.4. The largest absolute Gasteiger partial charge is 0.497 e. The Labute approximate surface area is 173 Å². The van der Waals surface area contributed by atoms with Gasteiger partial charge in [0, 0.05) is 23.6 Å². The van der Waals surface area contributed by atoms with E-state index in [1.165, 1.54) is 23.9 Å². The molecule has 154 valence electrons. The molecule has 0 aliphatic rings. The van der Waals surface area contributed by atoms with Gasteiger partial charge in [0.15, 0.2) is 5.16 Å². The summed E-state index contributed by atoms with van der Waals surface area (Å²) in [6.07, 6.45) is -0.858. The number of thioether (sulfide) groups is 1. The number of nitrogens with zero attached hydrogens (tertiary/aromatic N) is 4. The van der Waals surface area contributed by atoms with Crippen LogP contribution in [0.4, 0.5) is 13.2 Å². The van der Waals surface area contributed by atoms with Crippen LogP contribution < -0.4 is 4.74 Å². The third-order valence-corrected chi connectivity index (χ3v) is 5.17. The lowest BCUT2D eigenvalue weighted by atomic mass is 10.1. The highest BCUT2D eigenvalue weighted by Crippen LogP contribution is 2.31. The van der Waals surface area contributed by atoms with Gasteiger partial charge in [-0.3, -0.25) is 4.57 Å². The molecule has 0 radical (unpaired) electrons. The summed E-state index contributed by atoms with van der Waals surface area (Å²) in [6, 6.07) is 12.2. The predicted octanol–water partition coefficient (Wildman–Crippen LogP) is 5.24. The molecule has 0 aliphatic carbocycles. The van der Waals surface area contributed by atoms with E-state index >= 15 is 0 Å². The number of hydrogen-bond acceptors (Lipinski definition) is 6. The van der Waals surface area contributed by atoms with Crippen molar-refractivity contribution in [2.45, 2.75) is 17.1 Å². The number of alkyl halides is 3. The Balaban J connectivity index is 1.45. The number of benzene rings is 2. The lowest BCUT2D eigenvalue weighted by Crippen LogP contribution is -2.04. The Morgan fingerprint density at radius 3 is 2.47 bits per heavy atom. The van der Waals surface area contributed by atoms with Crippen molar-refractivity contribution in [2.75, 3.05) is 7.11 Å². The van der Waals surface area contributed by atoms with Crippen LogP contribution in [-0.4, -0.2) is 26.8 Å². The Morgan fingerprint density at radius 1 is 1.07 bits per heavy atom. The minimum Gasteiger partial charge on any atom is -0.497 e. The molecule has 4 aromatic rings. The van der Waals surface area contributed by atoms with Crippen LogP contribution in [0.1, 0.15) is 11.5 Å². The molecule has 0 saturated heterocycles. The van der Waals surface area contributed by atoms with Crippen LogP contribution in [0.2, 0.25) is 0 Å². The maximum Gasteiger partial charge on any atom is 0.416 e. The smallest absolute Gasteiger partial charge is 0.416 e. The van der Waals surface area contributed by atoms with Gasteiger partial charge in [-0.05, 0) is 36.4 Å². The van der Waals surface area contributed by atoms with Crippen LogP contribution >= 0.6 is 11.8 Å². The third kappa shape index (κ3) is 4.33. The topological polar surface area (TPSA) is 66.0 Å². The Bertz CT molecular complexity index is 1120. The standard InChI is InChI=1S/C20H15F3N4O2S/c1-28-16-8-6-15(7-9-16)27-11-10-24-19(27)30-12-17-25-18(26-29-17)13-2-4-14(5-3-13)20(21,22)23/h2-11H,12H2,1H3. The Kier molecular flexibility index (Phi) is 5.49. The fourth-order valence-corrected chi connectivity index (χ4v) is 3.51. The Morgan fingerprint density at radius 2 is 1.80 bits per heavy atom. The van der Waals surface area contributed by atoms with Crippen LogP contribution in [0.15, 0.2) is 70.6 Å². The summed E-state index contributed by atoms with van der Waals surface area (Å²) >= 11 is 1.40. The molecule has 4 rings (SSSR count). The second-order valence-electron chi connectivity index (χ2n) is 6.15. The van der Waals surface area contributed by atoms with Gasteiger partial charge in [-0.25, -0.2) is 4.98 Å². The summed E-state index contributed by atoms with van der Waals surface area (Å²) in [7, 11) is 1.61. The van der Waals surface area contributed by atoms with E-state index in [-0.39, 0.29) is 5.82 Å². The maximum atomic E-state index is 12.7. The molecule has 0 saturated carbocycles. The molecule has 0 spiro atoms. The van der Waals surface area contributed by atoms with Gasteiger partial charge in [0.25, 0.3) is 0 Å². The summed E-state index contributed by atoms with van der Waals surface area (Å²) < 4.78 is 50.4. The lowest BCUT2D eigenvalue weighted by Gasteiger charge is -2.07. The number of halogens is 3. The van der Waals surface area contributed by atoms with Crippen LogP contribution in [-0.2, 0) is 11.9 Å². The molecule has 0 aliphatic heterocycles. The summed E-state index contributed by atoms with van der Waals surface area (Å²) in [5.41, 5.74) is 0.644. The average molecular weight is 432 g/mol. The van der Waals surface area contributed by atoms with Crippen LogP contribution in [0, 0.1) is 0 Å². The molecular formula is C20H15F3N4O2S. The van der Waals surface area contributed by atoms with E-state index in [0.29, 0.717) is 17.2 Å². The second kappa shape index (κ2) is 8.23. The average Bonchev–Trinajstić information content (AvgIpc) is 3.41. The van der Waals surface area contributed by atoms with E-state index in [2.05, 4.69) is 15.1 Å². The predicted molar refractivity (Wildman–Crippen MR) is 104 cm³/mol. The fourth-order valence-electron chi connectivity index (χ4n) is 2.70. The highest BCUT2D eigenvalue weighted by atomic mass is 32.2. The van der Waals surface area contributed by atoms with Crippen LogP contribution in [0.3, 0.4) is 0 Å². The van der Waals surface area contributed by atoms with E-state index in [1.807, 2.05) is 35.0 Å². The summed E-state index contributed by atoms with van der Waals surface area (Å²) in [6.45, 7) is 0. The van der Waals surface area contributed by atoms with E-state index < -0.39 is 11.7 Å². The van der Waals surface area contributed by atoms with E-state index in [4.69, 9.17) is 9.26 Å². The minimum absolute atomic E-state index is 0.234. The first kappa shape index (κ1) is 20.0. The number of hydrogen-bond donors (Lipinski definition) is 0. The van der Waals surface area contributed by atoms with E-state index in [9.17, 15) is 13.2 Å². The molecule has 0 N–H and O–H groups in total. The van der Waals surface area contributed by atoms with Crippen molar-refractivity contribution in [1.82, 2.24) is 19.7 Å². The molecule has 2 aromatic carbocycles. The van der Waals surface area contributed by atoms with Crippen molar-refractivity contribution in [3.63, 3.8) is 0 Å². The van der Waals surface area contributed by atoms with Crippen LogP contribution in [0.25, 0.3) is 17.1 Å². The SMILES string of the molecule is COc1ccc(-n2ccnc2SCc2nc(-c3ccc(C(F)(F)F)cc3)no2)cc1. The summed E-state index contributed by atoms with van der Waals surface area (Å²) in [5, 5.41) is 4.59. The molecule has 0 bridgehead atoms. The summed E-state index contributed by atoms with van der Waals surface area (Å²) in [4.78, 5) is 8.61. The molecule has 30 heavy (non-hydrogen) atoms. The number of imidazole rings is 1. The van der Waals surface area contributed by atoms with Gasteiger partial charge >= 0.3 is 6.18 Å². The number of aromatic nitrogens is 4. The zero-order chi connectivity index (χ0) is 21.1. The number of methoxy groups -OCH3 is 1. The van der Waals surface area contributed by atoms with Crippen LogP contribution in [0.5, 0.6) is 5.75 Å². The first-order valence-electron chi connectivity index (χ1n) is 8.75. The first-order valence-corrected chi connectivity index (χ1v) is 9.73. The number of ether oxygens (including phenoxy) is 1. The maximum absolute atomic E-state index is 12.7. The highest BCUT2D eigenvalue weighted by molar-refractivity contribution is 7.98. The van der Waals surface area contributed by atoms with Crippen molar-refractivity contribution in [2.24, 2.45) is 0 Å². The monoisotopic (exact) mass is 432 g/mol. The molecular weight excluding hydrogens is 417 g/mol. The van der Waals surface area contributed by atoms with E-state index in [1.54, 1.807) is 13.3 Å². The van der Waals surface area contributed by atoms with Crippen molar-refractivity contribution in [1.29, 1.82) is 0 Å². The van der Waals surface area contributed by atoms with Crippen molar-refractivity contribution >= 4 is 11.8 Å². The van der Waals surface area contributed by atoms with Gasteiger partial charge in [0.1, 0.15) is 5.75 Å². The molecule has 2 heterocycles. The zero-order valence-electron chi connectivity index (χ0n) is 15.6. The number of rotatable bonds is 6. The van der Waals surface area contributed by atoms with Gasteiger partial charge < -0.3 is 9.26 Å². The molecule has 0 unspecified atom stereocenters. The quantitative estimate of drug-likeness (QED) is 0.388. The van der Waals surface area contributed by atoms with Crippen molar-refractivity contribution < 1.29 is 22.4 Å². The second-order valence-corrected chi connectivity index (χ2v) is 7.10. The van der Waals surface area contributed by atoms with E-state index in [0.717, 1.165) is 28.7 Å². The molecule has 2 aromatic heterocycles. The molecule has 10 heteroatoms. The molecule has 0 amide bonds. The third-order valence-electron chi connectivity index (χ3n) is 4.22.